The van der Waals surface area contributed by atoms with Crippen molar-refractivity contribution in [3.63, 3.8) is 0 Å². The molecule has 0 aliphatic rings. The first-order valence-electron chi connectivity index (χ1n) is 15.7. The normalized spacial score (nSPS) is 15.1. The van der Waals surface area contributed by atoms with Crippen LogP contribution in [0, 0.1) is 0 Å². The van der Waals surface area contributed by atoms with Gasteiger partial charge in [-0.25, -0.2) is 4.79 Å². The van der Waals surface area contributed by atoms with Crippen LogP contribution in [0.15, 0.2) is 36.4 Å². The zero-order valence-corrected chi connectivity index (χ0v) is 27.0. The molecule has 7 heteroatoms. The maximum Gasteiger partial charge on any atom is 0.333 e. The van der Waals surface area contributed by atoms with Gasteiger partial charge in [0.15, 0.2) is 0 Å². The number of aryl methyl sites for hydroxylation is 1. The van der Waals surface area contributed by atoms with Gasteiger partial charge in [0.05, 0.1) is 50.8 Å². The van der Waals surface area contributed by atoms with Crippen molar-refractivity contribution in [2.75, 3.05) is 33.0 Å². The lowest BCUT2D eigenvalue weighted by Gasteiger charge is -2.22. The minimum absolute atomic E-state index is 0.0547. The van der Waals surface area contributed by atoms with Crippen LogP contribution in [-0.4, -0.2) is 69.5 Å². The number of hydrogen-bond acceptors (Lipinski definition) is 7. The first-order valence-corrected chi connectivity index (χ1v) is 15.7. The van der Waals surface area contributed by atoms with Crippen molar-refractivity contribution in [1.29, 1.82) is 0 Å². The van der Waals surface area contributed by atoms with Gasteiger partial charge >= 0.3 is 5.97 Å². The summed E-state index contributed by atoms with van der Waals surface area (Å²) in [6, 6.07) is 8.36. The van der Waals surface area contributed by atoms with Crippen molar-refractivity contribution in [2.24, 2.45) is 0 Å². The third kappa shape index (κ3) is 19.0. The molecule has 5 unspecified atom stereocenters. The molecule has 41 heavy (non-hydrogen) atoms. The Labute approximate surface area is 250 Å². The molecule has 0 aliphatic carbocycles. The van der Waals surface area contributed by atoms with Gasteiger partial charge in [-0.1, -0.05) is 70.2 Å². The van der Waals surface area contributed by atoms with Crippen LogP contribution in [0.1, 0.15) is 99.0 Å². The summed E-state index contributed by atoms with van der Waals surface area (Å²) >= 11 is 0. The molecule has 0 saturated heterocycles. The first kappa shape index (κ1) is 37.1. The van der Waals surface area contributed by atoms with E-state index in [0.717, 1.165) is 12.2 Å². The molecule has 0 radical (unpaired) electrons. The monoisotopic (exact) mass is 578 g/mol. The predicted molar refractivity (Wildman–Crippen MR) is 166 cm³/mol. The topological polar surface area (TPSA) is 72.5 Å². The molecule has 7 nitrogen and oxygen atoms in total. The number of benzene rings is 1. The fraction of sp³-hybridized carbons (Fsp3) is 0.735. The van der Waals surface area contributed by atoms with E-state index >= 15 is 0 Å². The third-order valence-electron chi connectivity index (χ3n) is 6.61. The van der Waals surface area contributed by atoms with Crippen molar-refractivity contribution < 1.29 is 33.2 Å². The number of carbonyl (C=O) groups excluding carboxylic acids is 1. The molecule has 0 saturated carbocycles. The second-order valence-electron chi connectivity index (χ2n) is 11.4. The van der Waals surface area contributed by atoms with Gasteiger partial charge in [0, 0.05) is 5.57 Å². The zero-order chi connectivity index (χ0) is 30.5. The second-order valence-corrected chi connectivity index (χ2v) is 11.4. The molecule has 5 atom stereocenters. The molecule has 0 aliphatic heterocycles. The maximum atomic E-state index is 11.5. The first-order chi connectivity index (χ1) is 19.6. The Morgan fingerprint density at radius 1 is 0.683 bits per heavy atom. The van der Waals surface area contributed by atoms with Gasteiger partial charge in [-0.15, -0.1) is 0 Å². The average molecular weight is 579 g/mol. The molecule has 236 valence electrons. The highest BCUT2D eigenvalue weighted by molar-refractivity contribution is 5.86. The number of hydrogen-bond donors (Lipinski definition) is 0. The summed E-state index contributed by atoms with van der Waals surface area (Å²) in [6.07, 6.45) is 9.67. The number of ether oxygens (including phenoxy) is 6. The highest BCUT2D eigenvalue weighted by Gasteiger charge is 2.14. The van der Waals surface area contributed by atoms with Crippen LogP contribution in [0.25, 0.3) is 0 Å². The summed E-state index contributed by atoms with van der Waals surface area (Å²) in [7, 11) is 0. The van der Waals surface area contributed by atoms with Gasteiger partial charge in [0.1, 0.15) is 18.5 Å². The van der Waals surface area contributed by atoms with E-state index in [0.29, 0.717) is 32.0 Å². The summed E-state index contributed by atoms with van der Waals surface area (Å²) < 4.78 is 34.8. The zero-order valence-electron chi connectivity index (χ0n) is 27.0. The molecule has 0 bridgehead atoms. The molecule has 0 fully saturated rings. The summed E-state index contributed by atoms with van der Waals surface area (Å²) in [5, 5.41) is 0. The van der Waals surface area contributed by atoms with E-state index in [-0.39, 0.29) is 37.1 Å². The molecule has 0 amide bonds. The molecule has 0 aromatic heterocycles. The molecule has 0 spiro atoms. The van der Waals surface area contributed by atoms with Crippen molar-refractivity contribution in [1.82, 2.24) is 0 Å². The lowest BCUT2D eigenvalue weighted by atomic mass is 10.0. The van der Waals surface area contributed by atoms with Crippen LogP contribution < -0.4 is 4.74 Å². The summed E-state index contributed by atoms with van der Waals surface area (Å²) in [6.45, 7) is 19.3. The summed E-state index contributed by atoms with van der Waals surface area (Å²) in [5.41, 5.74) is 1.65. The Morgan fingerprint density at radius 2 is 1.15 bits per heavy atom. The van der Waals surface area contributed by atoms with Crippen LogP contribution >= 0.6 is 0 Å². The fourth-order valence-corrected chi connectivity index (χ4v) is 4.06. The van der Waals surface area contributed by atoms with E-state index in [1.807, 2.05) is 40.7 Å². The van der Waals surface area contributed by atoms with Crippen molar-refractivity contribution in [2.45, 2.75) is 130 Å². The minimum atomic E-state index is -0.407. The van der Waals surface area contributed by atoms with Crippen molar-refractivity contribution >= 4 is 5.97 Å². The van der Waals surface area contributed by atoms with Gasteiger partial charge in [-0.3, -0.25) is 0 Å². The average Bonchev–Trinajstić information content (AvgIpc) is 2.95. The summed E-state index contributed by atoms with van der Waals surface area (Å²) in [5.74, 6) is 0.556. The molecule has 1 aromatic carbocycles. The molecular formula is C34H58O7. The number of unbranched alkanes of at least 4 members (excludes halogenated alkanes) is 6. The SMILES string of the molecule is C=C(C)C(=O)OCC(C)OCC(C)OCC(C)OCC(C)OCC(C)Oc1ccccc1CCCCCCCCC. The number of para-hydroxylation sites is 1. The maximum absolute atomic E-state index is 11.5. The molecule has 1 aromatic rings. The number of rotatable bonds is 25. The van der Waals surface area contributed by atoms with Gasteiger partial charge in [-0.2, -0.15) is 0 Å². The van der Waals surface area contributed by atoms with Crippen LogP contribution in [0.4, 0.5) is 0 Å². The Kier molecular flexibility index (Phi) is 20.5. The van der Waals surface area contributed by atoms with Crippen molar-refractivity contribution in [3.8, 4) is 5.75 Å². The minimum Gasteiger partial charge on any atom is -0.488 e. The van der Waals surface area contributed by atoms with E-state index < -0.39 is 5.97 Å². The highest BCUT2D eigenvalue weighted by atomic mass is 16.6. The van der Waals surface area contributed by atoms with Gasteiger partial charge in [0.2, 0.25) is 0 Å². The Hall–Kier alpha value is -1.93. The lowest BCUT2D eigenvalue weighted by Crippen LogP contribution is -2.29. The van der Waals surface area contributed by atoms with E-state index in [9.17, 15) is 4.79 Å². The molecular weight excluding hydrogens is 520 g/mol. The Balaban J connectivity index is 2.21. The van der Waals surface area contributed by atoms with Crippen LogP contribution in [-0.2, 0) is 34.9 Å². The lowest BCUT2D eigenvalue weighted by molar-refractivity contribution is -0.144. The van der Waals surface area contributed by atoms with E-state index in [1.54, 1.807) is 6.92 Å². The van der Waals surface area contributed by atoms with Gasteiger partial charge in [0.25, 0.3) is 0 Å². The smallest absolute Gasteiger partial charge is 0.333 e. The quantitative estimate of drug-likeness (QED) is 0.0676. The van der Waals surface area contributed by atoms with Crippen molar-refractivity contribution in [3.05, 3.63) is 42.0 Å². The van der Waals surface area contributed by atoms with Crippen LogP contribution in [0.2, 0.25) is 0 Å². The standard InChI is InChI=1S/C34H58O7/c1-9-10-11-12-13-14-15-18-32-19-16-17-20-33(32)41-31(8)25-39-29(6)23-37-27(4)21-36-28(5)22-38-30(7)24-40-34(35)26(2)3/h16-17,19-20,27-31H,2,9-15,18,21-25H2,1,3-8H3. The van der Waals surface area contributed by atoms with Crippen LogP contribution in [0.5, 0.6) is 5.75 Å². The van der Waals surface area contributed by atoms with Gasteiger partial charge in [-0.05, 0) is 66.0 Å². The molecule has 0 N–H and O–H groups in total. The number of carbonyl (C=O) groups is 1. The predicted octanol–water partition coefficient (Wildman–Crippen LogP) is 7.49. The third-order valence-corrected chi connectivity index (χ3v) is 6.61. The molecule has 1 rings (SSSR count). The summed E-state index contributed by atoms with van der Waals surface area (Å²) in [4.78, 5) is 11.5. The van der Waals surface area contributed by atoms with E-state index in [4.69, 9.17) is 28.4 Å². The number of esters is 1. The Morgan fingerprint density at radius 3 is 1.68 bits per heavy atom. The molecule has 0 heterocycles. The Bertz CT molecular complexity index is 827. The fourth-order valence-electron chi connectivity index (χ4n) is 4.06. The largest absolute Gasteiger partial charge is 0.488 e. The highest BCUT2D eigenvalue weighted by Crippen LogP contribution is 2.22. The second kappa shape index (κ2) is 22.6. The van der Waals surface area contributed by atoms with E-state index in [2.05, 4.69) is 31.7 Å². The van der Waals surface area contributed by atoms with Crippen LogP contribution in [0.3, 0.4) is 0 Å². The van der Waals surface area contributed by atoms with Gasteiger partial charge < -0.3 is 28.4 Å². The van der Waals surface area contributed by atoms with E-state index in [1.165, 1.54) is 50.5 Å².